The Balaban J connectivity index is 2.34. The Morgan fingerprint density at radius 3 is 2.87 bits per heavy atom. The molecule has 0 saturated heterocycles. The summed E-state index contributed by atoms with van der Waals surface area (Å²) in [7, 11) is 0. The molecule has 1 N–H and O–H groups in total. The van der Waals surface area contributed by atoms with Gasteiger partial charge < -0.3 is 5.11 Å². The van der Waals surface area contributed by atoms with Gasteiger partial charge in [-0.2, -0.15) is 0 Å². The monoisotopic (exact) mass is 206 g/mol. The molecule has 80 valence electrons. The van der Waals surface area contributed by atoms with Crippen molar-refractivity contribution in [3.05, 3.63) is 23.3 Å². The first-order chi connectivity index (χ1) is 7.22. The van der Waals surface area contributed by atoms with Gasteiger partial charge in [-0.3, -0.25) is 0 Å². The highest BCUT2D eigenvalue weighted by atomic mass is 16.4. The summed E-state index contributed by atoms with van der Waals surface area (Å²) in [4.78, 5) is 19.4. The number of carbonyl (C=O) groups is 1. The molecule has 1 aliphatic carbocycles. The lowest BCUT2D eigenvalue weighted by Crippen LogP contribution is -2.08. The van der Waals surface area contributed by atoms with Crippen molar-refractivity contribution in [2.75, 3.05) is 0 Å². The van der Waals surface area contributed by atoms with E-state index in [0.29, 0.717) is 18.0 Å². The van der Waals surface area contributed by atoms with Crippen LogP contribution < -0.4 is 0 Å². The van der Waals surface area contributed by atoms with Crippen molar-refractivity contribution in [2.45, 2.75) is 38.5 Å². The molecule has 0 spiro atoms. The molecule has 1 aliphatic rings. The number of aryl methyl sites for hydroxylation is 1. The van der Waals surface area contributed by atoms with Gasteiger partial charge in [0.1, 0.15) is 5.82 Å². The average Bonchev–Trinajstić information content (AvgIpc) is 3.01. The number of hydrogen-bond donors (Lipinski definition) is 1. The van der Waals surface area contributed by atoms with Gasteiger partial charge in [0.15, 0.2) is 0 Å². The van der Waals surface area contributed by atoms with Crippen molar-refractivity contribution in [1.82, 2.24) is 9.97 Å². The second-order valence-electron chi connectivity index (χ2n) is 3.92. The topological polar surface area (TPSA) is 63.1 Å². The van der Waals surface area contributed by atoms with Crippen LogP contribution in [0.1, 0.15) is 54.0 Å². The van der Waals surface area contributed by atoms with Crippen LogP contribution in [0.25, 0.3) is 0 Å². The minimum atomic E-state index is -0.930. The van der Waals surface area contributed by atoms with E-state index >= 15 is 0 Å². The maximum absolute atomic E-state index is 10.9. The Morgan fingerprint density at radius 2 is 2.33 bits per heavy atom. The van der Waals surface area contributed by atoms with Crippen molar-refractivity contribution < 1.29 is 9.90 Å². The molecule has 1 saturated carbocycles. The Morgan fingerprint density at radius 1 is 1.60 bits per heavy atom. The molecule has 0 aliphatic heterocycles. The molecular weight excluding hydrogens is 192 g/mol. The van der Waals surface area contributed by atoms with Gasteiger partial charge in [0.2, 0.25) is 0 Å². The van der Waals surface area contributed by atoms with Crippen LogP contribution in [0.4, 0.5) is 0 Å². The average molecular weight is 206 g/mol. The predicted molar refractivity (Wildman–Crippen MR) is 55.0 cm³/mol. The zero-order valence-corrected chi connectivity index (χ0v) is 8.73. The number of carboxylic acid groups (broad SMARTS) is 1. The van der Waals surface area contributed by atoms with E-state index in [1.165, 1.54) is 6.20 Å². The third-order valence-corrected chi connectivity index (χ3v) is 2.55. The van der Waals surface area contributed by atoms with Gasteiger partial charge in [0.05, 0.1) is 11.3 Å². The summed E-state index contributed by atoms with van der Waals surface area (Å²) in [6.07, 6.45) is 5.34. The molecule has 1 aromatic rings. The lowest BCUT2D eigenvalue weighted by molar-refractivity contribution is 0.0694. The highest BCUT2D eigenvalue weighted by molar-refractivity contribution is 5.88. The minimum absolute atomic E-state index is 0.251. The molecule has 0 unspecified atom stereocenters. The molecule has 1 aromatic heterocycles. The standard InChI is InChI=1S/C11H14N2O2/c1-2-3-9-8(11(14)15)6-12-10(13-9)7-4-5-7/h6-7H,2-5H2,1H3,(H,14,15). The van der Waals surface area contributed by atoms with E-state index < -0.39 is 5.97 Å². The van der Waals surface area contributed by atoms with Gasteiger partial charge >= 0.3 is 5.97 Å². The van der Waals surface area contributed by atoms with Crippen LogP contribution in [0.2, 0.25) is 0 Å². The molecule has 0 amide bonds. The molecule has 1 fully saturated rings. The van der Waals surface area contributed by atoms with Crippen molar-refractivity contribution in [2.24, 2.45) is 0 Å². The quantitative estimate of drug-likeness (QED) is 0.818. The lowest BCUT2D eigenvalue weighted by atomic mass is 10.1. The normalized spacial score (nSPS) is 15.3. The first-order valence-corrected chi connectivity index (χ1v) is 5.31. The molecule has 1 heterocycles. The Labute approximate surface area is 88.4 Å². The molecule has 4 heteroatoms. The van der Waals surface area contributed by atoms with Gasteiger partial charge in [0.25, 0.3) is 0 Å². The molecule has 0 bridgehead atoms. The van der Waals surface area contributed by atoms with Crippen molar-refractivity contribution in [1.29, 1.82) is 0 Å². The molecule has 0 atom stereocenters. The summed E-state index contributed by atoms with van der Waals surface area (Å²) in [6, 6.07) is 0. The van der Waals surface area contributed by atoms with Crippen LogP contribution in [-0.2, 0) is 6.42 Å². The third-order valence-electron chi connectivity index (χ3n) is 2.55. The summed E-state index contributed by atoms with van der Waals surface area (Å²) in [5.74, 6) is 0.368. The zero-order chi connectivity index (χ0) is 10.8. The number of nitrogens with zero attached hydrogens (tertiary/aromatic N) is 2. The number of carboxylic acids is 1. The summed E-state index contributed by atoms with van der Waals surface area (Å²) >= 11 is 0. The fourth-order valence-electron chi connectivity index (χ4n) is 1.58. The highest BCUT2D eigenvalue weighted by Gasteiger charge is 2.27. The SMILES string of the molecule is CCCc1nc(C2CC2)ncc1C(=O)O. The molecule has 0 aromatic carbocycles. The summed E-state index contributed by atoms with van der Waals surface area (Å²) < 4.78 is 0. The second-order valence-corrected chi connectivity index (χ2v) is 3.92. The van der Waals surface area contributed by atoms with Gasteiger partial charge in [-0.05, 0) is 19.3 Å². The van der Waals surface area contributed by atoms with Gasteiger partial charge in [0, 0.05) is 12.1 Å². The third kappa shape index (κ3) is 2.14. The minimum Gasteiger partial charge on any atom is -0.478 e. The first-order valence-electron chi connectivity index (χ1n) is 5.31. The van der Waals surface area contributed by atoms with Gasteiger partial charge in [-0.1, -0.05) is 13.3 Å². The second kappa shape index (κ2) is 3.96. The van der Waals surface area contributed by atoms with E-state index in [0.717, 1.165) is 25.1 Å². The number of hydrogen-bond acceptors (Lipinski definition) is 3. The van der Waals surface area contributed by atoms with Crippen molar-refractivity contribution in [3.63, 3.8) is 0 Å². The van der Waals surface area contributed by atoms with Crippen molar-refractivity contribution in [3.8, 4) is 0 Å². The summed E-state index contributed by atoms with van der Waals surface area (Å²) in [5, 5.41) is 8.96. The maximum atomic E-state index is 10.9. The smallest absolute Gasteiger partial charge is 0.339 e. The molecule has 0 radical (unpaired) electrons. The van der Waals surface area contributed by atoms with Crippen LogP contribution in [0.15, 0.2) is 6.20 Å². The fraction of sp³-hybridized carbons (Fsp3) is 0.545. The van der Waals surface area contributed by atoms with Crippen LogP contribution in [0.3, 0.4) is 0 Å². The summed E-state index contributed by atoms with van der Waals surface area (Å²) in [5.41, 5.74) is 0.933. The van der Waals surface area contributed by atoms with E-state index in [4.69, 9.17) is 5.11 Å². The number of aromatic nitrogens is 2. The largest absolute Gasteiger partial charge is 0.478 e. The Kier molecular flexibility index (Phi) is 2.66. The van der Waals surface area contributed by atoms with Gasteiger partial charge in [-0.15, -0.1) is 0 Å². The maximum Gasteiger partial charge on any atom is 0.339 e. The van der Waals surface area contributed by atoms with Crippen molar-refractivity contribution >= 4 is 5.97 Å². The highest BCUT2D eigenvalue weighted by Crippen LogP contribution is 2.38. The fourth-order valence-corrected chi connectivity index (χ4v) is 1.58. The van der Waals surface area contributed by atoms with E-state index in [1.54, 1.807) is 0 Å². The van der Waals surface area contributed by atoms with Gasteiger partial charge in [-0.25, -0.2) is 14.8 Å². The van der Waals surface area contributed by atoms with E-state index in [-0.39, 0.29) is 5.56 Å². The van der Waals surface area contributed by atoms with E-state index in [9.17, 15) is 4.79 Å². The molecule has 4 nitrogen and oxygen atoms in total. The molecule has 2 rings (SSSR count). The predicted octanol–water partition coefficient (Wildman–Crippen LogP) is 2.00. The number of rotatable bonds is 4. The number of aromatic carboxylic acids is 1. The molecular formula is C11H14N2O2. The van der Waals surface area contributed by atoms with Crippen LogP contribution in [0, 0.1) is 0 Å². The van der Waals surface area contributed by atoms with E-state index in [2.05, 4.69) is 9.97 Å². The first kappa shape index (κ1) is 10.1. The summed E-state index contributed by atoms with van der Waals surface area (Å²) in [6.45, 7) is 2.02. The van der Waals surface area contributed by atoms with Crippen LogP contribution in [-0.4, -0.2) is 21.0 Å². The van der Waals surface area contributed by atoms with Crippen LogP contribution in [0.5, 0.6) is 0 Å². The Bertz CT molecular complexity index is 386. The lowest BCUT2D eigenvalue weighted by Gasteiger charge is -2.05. The Hall–Kier alpha value is -1.45. The molecule has 15 heavy (non-hydrogen) atoms. The zero-order valence-electron chi connectivity index (χ0n) is 8.73. The van der Waals surface area contributed by atoms with E-state index in [1.807, 2.05) is 6.92 Å². The van der Waals surface area contributed by atoms with Crippen LogP contribution >= 0.6 is 0 Å².